The fraction of sp³-hybridized carbons (Fsp3) is 0.389. The first-order valence-corrected chi connectivity index (χ1v) is 7.22. The molecule has 20 heavy (non-hydrogen) atoms. The number of allylic oxidation sites excluding steroid dienone is 4. The van der Waals surface area contributed by atoms with Crippen LogP contribution in [0.1, 0.15) is 45.6 Å². The Morgan fingerprint density at radius 2 is 1.90 bits per heavy atom. The van der Waals surface area contributed by atoms with E-state index in [0.717, 1.165) is 17.6 Å². The first-order valence-electron chi connectivity index (χ1n) is 7.22. The average molecular weight is 272 g/mol. The maximum Gasteiger partial charge on any atom is 0.315 e. The molecule has 1 aromatic rings. The molecule has 0 amide bonds. The predicted octanol–water partition coefficient (Wildman–Crippen LogP) is 4.81. The SMILES string of the molecule is CCCC/C=C/C(C)=C(\C)OC(=O)Cc1ccccc1. The number of hydrogen-bond donors (Lipinski definition) is 0. The Labute approximate surface area is 122 Å². The molecule has 0 N–H and O–H groups in total. The molecule has 0 aliphatic heterocycles. The van der Waals surface area contributed by atoms with Gasteiger partial charge in [0.1, 0.15) is 5.76 Å². The van der Waals surface area contributed by atoms with E-state index in [1.807, 2.05) is 50.3 Å². The van der Waals surface area contributed by atoms with Gasteiger partial charge in [-0.1, -0.05) is 62.2 Å². The number of carbonyl (C=O) groups is 1. The zero-order valence-electron chi connectivity index (χ0n) is 12.7. The zero-order chi connectivity index (χ0) is 14.8. The summed E-state index contributed by atoms with van der Waals surface area (Å²) in [5, 5.41) is 0. The molecule has 0 atom stereocenters. The van der Waals surface area contributed by atoms with E-state index in [0.29, 0.717) is 12.2 Å². The number of esters is 1. The first-order chi connectivity index (χ1) is 9.63. The molecule has 0 unspecified atom stereocenters. The van der Waals surface area contributed by atoms with Gasteiger partial charge in [-0.25, -0.2) is 0 Å². The highest BCUT2D eigenvalue weighted by Gasteiger charge is 2.06. The van der Waals surface area contributed by atoms with Crippen LogP contribution in [0.15, 0.2) is 53.8 Å². The molecular weight excluding hydrogens is 248 g/mol. The third-order valence-electron chi connectivity index (χ3n) is 3.11. The van der Waals surface area contributed by atoms with Crippen LogP contribution in [-0.4, -0.2) is 5.97 Å². The monoisotopic (exact) mass is 272 g/mol. The van der Waals surface area contributed by atoms with Gasteiger partial charge in [-0.2, -0.15) is 0 Å². The van der Waals surface area contributed by atoms with Crippen LogP contribution in [0.2, 0.25) is 0 Å². The van der Waals surface area contributed by atoms with Crippen molar-refractivity contribution in [1.82, 2.24) is 0 Å². The molecule has 0 aliphatic rings. The maximum atomic E-state index is 11.8. The van der Waals surface area contributed by atoms with Crippen molar-refractivity contribution < 1.29 is 9.53 Å². The summed E-state index contributed by atoms with van der Waals surface area (Å²) in [6.45, 7) is 5.98. The van der Waals surface area contributed by atoms with E-state index in [-0.39, 0.29) is 5.97 Å². The molecule has 1 rings (SSSR count). The fourth-order valence-electron chi connectivity index (χ4n) is 1.75. The number of unbranched alkanes of at least 4 members (excludes halogenated alkanes) is 2. The number of benzene rings is 1. The normalized spacial score (nSPS) is 12.3. The maximum absolute atomic E-state index is 11.8. The summed E-state index contributed by atoms with van der Waals surface area (Å²) < 4.78 is 5.36. The highest BCUT2D eigenvalue weighted by Crippen LogP contribution is 2.10. The molecule has 0 radical (unpaired) electrons. The quantitative estimate of drug-likeness (QED) is 0.308. The lowest BCUT2D eigenvalue weighted by molar-refractivity contribution is -0.138. The molecule has 1 aromatic carbocycles. The Balaban J connectivity index is 2.49. The molecule has 0 aromatic heterocycles. The molecule has 108 valence electrons. The van der Waals surface area contributed by atoms with Crippen molar-refractivity contribution in [3.8, 4) is 0 Å². The van der Waals surface area contributed by atoms with Crippen LogP contribution < -0.4 is 0 Å². The van der Waals surface area contributed by atoms with Crippen molar-refractivity contribution in [3.63, 3.8) is 0 Å². The second-order valence-electron chi connectivity index (χ2n) is 4.92. The van der Waals surface area contributed by atoms with E-state index in [2.05, 4.69) is 13.0 Å². The molecule has 0 spiro atoms. The highest BCUT2D eigenvalue weighted by atomic mass is 16.5. The van der Waals surface area contributed by atoms with Gasteiger partial charge in [0.25, 0.3) is 0 Å². The van der Waals surface area contributed by atoms with Gasteiger partial charge in [0.15, 0.2) is 0 Å². The molecule has 0 saturated carbocycles. The fourth-order valence-corrected chi connectivity index (χ4v) is 1.75. The Bertz CT molecular complexity index is 469. The van der Waals surface area contributed by atoms with Crippen molar-refractivity contribution >= 4 is 5.97 Å². The lowest BCUT2D eigenvalue weighted by Gasteiger charge is -2.06. The topological polar surface area (TPSA) is 26.3 Å². The molecule has 0 saturated heterocycles. The van der Waals surface area contributed by atoms with Crippen LogP contribution in [0, 0.1) is 0 Å². The lowest BCUT2D eigenvalue weighted by Crippen LogP contribution is -2.07. The molecule has 2 nitrogen and oxygen atoms in total. The van der Waals surface area contributed by atoms with E-state index in [1.165, 1.54) is 12.8 Å². The van der Waals surface area contributed by atoms with E-state index in [4.69, 9.17) is 4.74 Å². The minimum atomic E-state index is -0.213. The zero-order valence-corrected chi connectivity index (χ0v) is 12.7. The van der Waals surface area contributed by atoms with Crippen molar-refractivity contribution in [2.75, 3.05) is 0 Å². The van der Waals surface area contributed by atoms with E-state index < -0.39 is 0 Å². The smallest absolute Gasteiger partial charge is 0.315 e. The van der Waals surface area contributed by atoms with E-state index >= 15 is 0 Å². The summed E-state index contributed by atoms with van der Waals surface area (Å²) in [4.78, 5) is 11.8. The van der Waals surface area contributed by atoms with Gasteiger partial charge in [-0.15, -0.1) is 0 Å². The second kappa shape index (κ2) is 9.13. The minimum absolute atomic E-state index is 0.213. The Hall–Kier alpha value is -1.83. The van der Waals surface area contributed by atoms with E-state index in [1.54, 1.807) is 0 Å². The van der Waals surface area contributed by atoms with Gasteiger partial charge >= 0.3 is 5.97 Å². The molecule has 0 bridgehead atoms. The lowest BCUT2D eigenvalue weighted by atomic mass is 10.1. The van der Waals surface area contributed by atoms with Gasteiger partial charge in [0, 0.05) is 0 Å². The molecule has 0 heterocycles. The first kappa shape index (κ1) is 16.2. The van der Waals surface area contributed by atoms with Crippen molar-refractivity contribution in [3.05, 3.63) is 59.4 Å². The molecule has 0 fully saturated rings. The Kier molecular flexibility index (Phi) is 7.41. The van der Waals surface area contributed by atoms with Gasteiger partial charge in [-0.05, 0) is 31.4 Å². The number of rotatable bonds is 7. The summed E-state index contributed by atoms with van der Waals surface area (Å²) in [7, 11) is 0. The second-order valence-corrected chi connectivity index (χ2v) is 4.92. The van der Waals surface area contributed by atoms with Crippen molar-refractivity contribution in [2.45, 2.75) is 46.5 Å². The number of carbonyl (C=O) groups excluding carboxylic acids is 1. The molecular formula is C18H24O2. The Morgan fingerprint density at radius 3 is 2.55 bits per heavy atom. The standard InChI is InChI=1S/C18H24O2/c1-4-5-6-8-11-15(2)16(3)20-18(19)14-17-12-9-7-10-13-17/h7-13H,4-6,14H2,1-3H3/b11-8+,16-15+. The van der Waals surface area contributed by atoms with Gasteiger partial charge < -0.3 is 4.74 Å². The summed E-state index contributed by atoms with van der Waals surface area (Å²) in [5.74, 6) is 0.466. The van der Waals surface area contributed by atoms with Gasteiger partial charge in [0.05, 0.1) is 6.42 Å². The van der Waals surface area contributed by atoms with Crippen LogP contribution in [0.25, 0.3) is 0 Å². The van der Waals surface area contributed by atoms with Gasteiger partial charge in [-0.3, -0.25) is 4.79 Å². The molecule has 0 aliphatic carbocycles. The van der Waals surface area contributed by atoms with E-state index in [9.17, 15) is 4.79 Å². The third kappa shape index (κ3) is 6.37. The predicted molar refractivity (Wildman–Crippen MR) is 83.3 cm³/mol. The van der Waals surface area contributed by atoms with Crippen LogP contribution >= 0.6 is 0 Å². The van der Waals surface area contributed by atoms with Crippen LogP contribution in [-0.2, 0) is 16.0 Å². The Morgan fingerprint density at radius 1 is 1.20 bits per heavy atom. The van der Waals surface area contributed by atoms with Gasteiger partial charge in [0.2, 0.25) is 0 Å². The summed E-state index contributed by atoms with van der Waals surface area (Å²) in [6, 6.07) is 9.64. The third-order valence-corrected chi connectivity index (χ3v) is 3.11. The minimum Gasteiger partial charge on any atom is -0.431 e. The summed E-state index contributed by atoms with van der Waals surface area (Å²) >= 11 is 0. The van der Waals surface area contributed by atoms with Crippen LogP contribution in [0.5, 0.6) is 0 Å². The molecule has 2 heteroatoms. The van der Waals surface area contributed by atoms with Crippen LogP contribution in [0.3, 0.4) is 0 Å². The largest absolute Gasteiger partial charge is 0.431 e. The van der Waals surface area contributed by atoms with Crippen LogP contribution in [0.4, 0.5) is 0 Å². The number of hydrogen-bond acceptors (Lipinski definition) is 2. The number of ether oxygens (including phenoxy) is 1. The summed E-state index contributed by atoms with van der Waals surface area (Å²) in [5.41, 5.74) is 1.98. The summed E-state index contributed by atoms with van der Waals surface area (Å²) in [6.07, 6.45) is 7.92. The average Bonchev–Trinajstić information content (AvgIpc) is 2.44. The van der Waals surface area contributed by atoms with Crippen molar-refractivity contribution in [2.24, 2.45) is 0 Å². The highest BCUT2D eigenvalue weighted by molar-refractivity contribution is 5.73. The van der Waals surface area contributed by atoms with Crippen molar-refractivity contribution in [1.29, 1.82) is 0 Å².